The normalized spacial score (nSPS) is 13.8. The molecule has 7 heteroatoms. The molecule has 1 aliphatic rings. The molecule has 156 valence electrons. The molecule has 1 atom stereocenters. The van der Waals surface area contributed by atoms with E-state index in [2.05, 4.69) is 6.58 Å². The number of esters is 1. The zero-order chi connectivity index (χ0) is 21.8. The maximum Gasteiger partial charge on any atom is 0.338 e. The van der Waals surface area contributed by atoms with Gasteiger partial charge in [-0.25, -0.2) is 9.69 Å². The lowest BCUT2D eigenvalue weighted by atomic mass is 10.1. The third kappa shape index (κ3) is 4.11. The number of benzene rings is 2. The summed E-state index contributed by atoms with van der Waals surface area (Å²) in [5.41, 5.74) is 1.62. The van der Waals surface area contributed by atoms with Crippen LogP contribution < -0.4 is 9.64 Å². The van der Waals surface area contributed by atoms with Crippen molar-refractivity contribution < 1.29 is 29.0 Å². The number of hydrogen-bond acceptors (Lipinski definition) is 6. The first-order chi connectivity index (χ1) is 14.4. The maximum absolute atomic E-state index is 13.1. The number of aryl methyl sites for hydroxylation is 1. The Bertz CT molecular complexity index is 1010. The van der Waals surface area contributed by atoms with Crippen LogP contribution in [0.5, 0.6) is 5.75 Å². The number of nitrogens with zero attached hydrogens (tertiary/aromatic N) is 1. The van der Waals surface area contributed by atoms with Gasteiger partial charge in [-0.05, 0) is 49.2 Å². The number of hydrogen-bond donors (Lipinski definition) is 1. The minimum absolute atomic E-state index is 0.113. The van der Waals surface area contributed by atoms with Crippen LogP contribution in [0.1, 0.15) is 50.0 Å². The average molecular weight is 409 g/mol. The third-order valence-electron chi connectivity index (χ3n) is 4.71. The van der Waals surface area contributed by atoms with Crippen molar-refractivity contribution in [3.63, 3.8) is 0 Å². The van der Waals surface area contributed by atoms with Crippen molar-refractivity contribution in [2.45, 2.75) is 26.4 Å². The summed E-state index contributed by atoms with van der Waals surface area (Å²) in [5.74, 6) is -1.34. The number of rotatable bonds is 8. The fourth-order valence-corrected chi connectivity index (χ4v) is 3.03. The number of aliphatic hydroxyl groups is 1. The molecule has 0 saturated carbocycles. The number of imide groups is 1. The summed E-state index contributed by atoms with van der Waals surface area (Å²) in [7, 11) is 0. The van der Waals surface area contributed by atoms with Crippen LogP contribution >= 0.6 is 0 Å². The molecule has 3 rings (SSSR count). The van der Waals surface area contributed by atoms with Crippen molar-refractivity contribution in [2.24, 2.45) is 0 Å². The lowest BCUT2D eigenvalue weighted by Gasteiger charge is -2.18. The van der Waals surface area contributed by atoms with E-state index < -0.39 is 23.9 Å². The Balaban J connectivity index is 1.92. The Morgan fingerprint density at radius 1 is 1.17 bits per heavy atom. The first kappa shape index (κ1) is 21.3. The van der Waals surface area contributed by atoms with Crippen LogP contribution in [0.15, 0.2) is 49.1 Å². The van der Waals surface area contributed by atoms with Crippen LogP contribution in [0.3, 0.4) is 0 Å². The molecule has 30 heavy (non-hydrogen) atoms. The largest absolute Gasteiger partial charge is 0.487 e. The van der Waals surface area contributed by atoms with Gasteiger partial charge in [-0.15, -0.1) is 0 Å². The van der Waals surface area contributed by atoms with Crippen LogP contribution in [0.2, 0.25) is 0 Å². The highest BCUT2D eigenvalue weighted by Crippen LogP contribution is 2.36. The smallest absolute Gasteiger partial charge is 0.338 e. The Hall–Kier alpha value is -3.45. The summed E-state index contributed by atoms with van der Waals surface area (Å²) in [6.45, 7) is 7.30. The maximum atomic E-state index is 13.1. The predicted octanol–water partition coefficient (Wildman–Crippen LogP) is 3.29. The van der Waals surface area contributed by atoms with E-state index in [-0.39, 0.29) is 29.9 Å². The highest BCUT2D eigenvalue weighted by molar-refractivity contribution is 6.35. The van der Waals surface area contributed by atoms with Crippen molar-refractivity contribution >= 4 is 23.5 Å². The van der Waals surface area contributed by atoms with E-state index in [0.29, 0.717) is 17.9 Å². The zero-order valence-corrected chi connectivity index (χ0v) is 16.9. The molecule has 0 aliphatic carbocycles. The van der Waals surface area contributed by atoms with E-state index in [9.17, 15) is 19.5 Å². The van der Waals surface area contributed by atoms with Gasteiger partial charge in [0.25, 0.3) is 11.8 Å². The average Bonchev–Trinajstić information content (AvgIpc) is 3.00. The van der Waals surface area contributed by atoms with Crippen LogP contribution in [-0.2, 0) is 4.74 Å². The van der Waals surface area contributed by atoms with Gasteiger partial charge in [0.1, 0.15) is 19.0 Å². The van der Waals surface area contributed by atoms with Crippen molar-refractivity contribution in [1.29, 1.82) is 0 Å². The lowest BCUT2D eigenvalue weighted by molar-refractivity contribution is 0.0250. The number of aliphatic hydroxyl groups excluding tert-OH is 1. The minimum atomic E-state index is -0.752. The molecule has 2 aromatic rings. The zero-order valence-electron chi connectivity index (χ0n) is 16.9. The second kappa shape index (κ2) is 8.92. The summed E-state index contributed by atoms with van der Waals surface area (Å²) >= 11 is 0. The van der Waals surface area contributed by atoms with Crippen molar-refractivity contribution in [1.82, 2.24) is 0 Å². The van der Waals surface area contributed by atoms with Crippen molar-refractivity contribution in [3.05, 3.63) is 71.3 Å². The molecule has 0 saturated heterocycles. The Morgan fingerprint density at radius 3 is 2.60 bits per heavy atom. The van der Waals surface area contributed by atoms with E-state index in [1.54, 1.807) is 25.1 Å². The van der Waals surface area contributed by atoms with E-state index in [4.69, 9.17) is 9.47 Å². The molecule has 1 heterocycles. The molecule has 2 amide bonds. The molecular formula is C23H23NO6. The third-order valence-corrected chi connectivity index (χ3v) is 4.71. The lowest BCUT2D eigenvalue weighted by Crippen LogP contribution is -2.30. The molecule has 0 fully saturated rings. The fourth-order valence-electron chi connectivity index (χ4n) is 3.03. The Morgan fingerprint density at radius 2 is 1.90 bits per heavy atom. The van der Waals surface area contributed by atoms with Gasteiger partial charge in [0.05, 0.1) is 28.5 Å². The number of ether oxygens (including phenoxy) is 2. The number of fused-ring (bicyclic) bond motifs is 1. The Kier molecular flexibility index (Phi) is 6.32. The first-order valence-corrected chi connectivity index (χ1v) is 9.59. The summed E-state index contributed by atoms with van der Waals surface area (Å²) in [5, 5.41) is 9.56. The number of anilines is 1. The molecule has 0 aromatic heterocycles. The van der Waals surface area contributed by atoms with Gasteiger partial charge in [-0.3, -0.25) is 9.59 Å². The highest BCUT2D eigenvalue weighted by Gasteiger charge is 2.38. The predicted molar refractivity (Wildman–Crippen MR) is 111 cm³/mol. The van der Waals surface area contributed by atoms with Gasteiger partial charge in [-0.1, -0.05) is 25.6 Å². The molecule has 0 spiro atoms. The number of carbonyl (C=O) groups excluding carboxylic acids is 3. The molecule has 7 nitrogen and oxygen atoms in total. The molecule has 1 unspecified atom stereocenters. The first-order valence-electron chi connectivity index (χ1n) is 9.59. The molecule has 1 aliphatic heterocycles. The number of amides is 2. The second-order valence-corrected chi connectivity index (χ2v) is 6.94. The second-order valence-electron chi connectivity index (χ2n) is 6.94. The molecule has 0 bridgehead atoms. The summed E-state index contributed by atoms with van der Waals surface area (Å²) in [4.78, 5) is 39.3. The molecule has 1 N–H and O–H groups in total. The van der Waals surface area contributed by atoms with Gasteiger partial charge in [0, 0.05) is 0 Å². The topological polar surface area (TPSA) is 93.1 Å². The van der Waals surface area contributed by atoms with Crippen molar-refractivity contribution in [3.8, 4) is 5.75 Å². The van der Waals surface area contributed by atoms with E-state index in [1.165, 1.54) is 18.2 Å². The van der Waals surface area contributed by atoms with Crippen LogP contribution in [0.25, 0.3) is 0 Å². The number of carbonyl (C=O) groups is 3. The van der Waals surface area contributed by atoms with E-state index in [1.807, 2.05) is 13.0 Å². The Labute approximate surface area is 174 Å². The molecule has 0 radical (unpaired) electrons. The van der Waals surface area contributed by atoms with Gasteiger partial charge in [0.15, 0.2) is 0 Å². The summed E-state index contributed by atoms with van der Waals surface area (Å²) in [6, 6.07) is 9.41. The molecule has 2 aromatic carbocycles. The van der Waals surface area contributed by atoms with E-state index >= 15 is 0 Å². The van der Waals surface area contributed by atoms with Crippen LogP contribution in [-0.4, -0.2) is 42.2 Å². The summed E-state index contributed by atoms with van der Waals surface area (Å²) < 4.78 is 10.7. The van der Waals surface area contributed by atoms with Crippen LogP contribution in [0.4, 0.5) is 5.69 Å². The fraction of sp³-hybridized carbons (Fsp3) is 0.261. The highest BCUT2D eigenvalue weighted by atomic mass is 16.5. The molecular weight excluding hydrogens is 386 g/mol. The summed E-state index contributed by atoms with van der Waals surface area (Å²) in [6.07, 6.45) is 1.27. The van der Waals surface area contributed by atoms with Crippen molar-refractivity contribution in [2.75, 3.05) is 18.1 Å². The SMILES string of the molecule is C=CCOc1ccc(C)cc1N1C(=O)c2ccc(C(=O)OCC(O)CC)cc2C1=O. The van der Waals surface area contributed by atoms with Gasteiger partial charge >= 0.3 is 5.97 Å². The minimum Gasteiger partial charge on any atom is -0.487 e. The quantitative estimate of drug-likeness (QED) is 0.409. The van der Waals surface area contributed by atoms with Gasteiger partial charge in [0.2, 0.25) is 0 Å². The van der Waals surface area contributed by atoms with Crippen LogP contribution in [0, 0.1) is 6.92 Å². The standard InChI is InChI=1S/C23H23NO6/c1-4-10-29-20-9-6-14(3)11-19(20)24-21(26)17-8-7-15(12-18(17)22(24)27)23(28)30-13-16(25)5-2/h4,6-9,11-12,16,25H,1,5,10,13H2,2-3H3. The monoisotopic (exact) mass is 409 g/mol. The van der Waals surface area contributed by atoms with Gasteiger partial charge < -0.3 is 14.6 Å². The van der Waals surface area contributed by atoms with Gasteiger partial charge in [-0.2, -0.15) is 0 Å². The van der Waals surface area contributed by atoms with E-state index in [0.717, 1.165) is 10.5 Å².